The van der Waals surface area contributed by atoms with E-state index in [1.165, 1.54) is 5.56 Å². The van der Waals surface area contributed by atoms with Crippen LogP contribution in [-0.4, -0.2) is 18.1 Å². The van der Waals surface area contributed by atoms with Crippen LogP contribution >= 0.6 is 0 Å². The summed E-state index contributed by atoms with van der Waals surface area (Å²) in [6, 6.07) is 7.45. The van der Waals surface area contributed by atoms with Crippen molar-refractivity contribution in [3.8, 4) is 5.75 Å². The molecule has 0 aliphatic carbocycles. The lowest BCUT2D eigenvalue weighted by molar-refractivity contribution is 0.00111. The molecule has 0 saturated heterocycles. The van der Waals surface area contributed by atoms with Gasteiger partial charge in [0.15, 0.2) is 0 Å². The summed E-state index contributed by atoms with van der Waals surface area (Å²) in [5.41, 5.74) is 1.29. The zero-order valence-corrected chi connectivity index (χ0v) is 9.33. The van der Waals surface area contributed by atoms with Crippen molar-refractivity contribution >= 4 is 0 Å². The molecule has 3 heteroatoms. The SMILES string of the molecule is CC(C)(C)c1ccc(OCC(O)F)cc1. The predicted molar refractivity (Wildman–Crippen MR) is 57.8 cm³/mol. The van der Waals surface area contributed by atoms with Crippen LogP contribution in [0.2, 0.25) is 0 Å². The Balaban J connectivity index is 2.65. The highest BCUT2D eigenvalue weighted by atomic mass is 19.1. The monoisotopic (exact) mass is 212 g/mol. The van der Waals surface area contributed by atoms with Crippen molar-refractivity contribution in [2.45, 2.75) is 32.5 Å². The highest BCUT2D eigenvalue weighted by Gasteiger charge is 2.13. The summed E-state index contributed by atoms with van der Waals surface area (Å²) >= 11 is 0. The maximum atomic E-state index is 12.1. The van der Waals surface area contributed by atoms with Crippen molar-refractivity contribution in [1.82, 2.24) is 0 Å². The van der Waals surface area contributed by atoms with Gasteiger partial charge in [-0.15, -0.1) is 0 Å². The molecule has 1 N–H and O–H groups in total. The van der Waals surface area contributed by atoms with Gasteiger partial charge in [0.2, 0.25) is 6.36 Å². The number of aliphatic hydroxyl groups is 1. The number of hydrogen-bond donors (Lipinski definition) is 1. The third-order valence-corrected chi connectivity index (χ3v) is 2.11. The van der Waals surface area contributed by atoms with Gasteiger partial charge in [-0.05, 0) is 23.1 Å². The number of benzene rings is 1. The first-order valence-corrected chi connectivity index (χ1v) is 4.95. The number of ether oxygens (including phenoxy) is 1. The molecule has 1 atom stereocenters. The molecule has 0 spiro atoms. The number of alkyl halides is 1. The van der Waals surface area contributed by atoms with Crippen molar-refractivity contribution in [1.29, 1.82) is 0 Å². The predicted octanol–water partition coefficient (Wildman–Crippen LogP) is 2.65. The molecule has 15 heavy (non-hydrogen) atoms. The number of hydrogen-bond acceptors (Lipinski definition) is 2. The normalized spacial score (nSPS) is 13.7. The minimum Gasteiger partial charge on any atom is -0.488 e. The van der Waals surface area contributed by atoms with Gasteiger partial charge in [0.05, 0.1) is 0 Å². The molecule has 2 nitrogen and oxygen atoms in total. The lowest BCUT2D eigenvalue weighted by Gasteiger charge is -2.19. The molecule has 0 aromatic heterocycles. The van der Waals surface area contributed by atoms with Crippen LogP contribution in [0.3, 0.4) is 0 Å². The van der Waals surface area contributed by atoms with Crippen LogP contribution in [0.5, 0.6) is 5.75 Å². The standard InChI is InChI=1S/C12H17FO2/c1-12(2,3)9-4-6-10(7-5-9)15-8-11(13)14/h4-7,11,14H,8H2,1-3H3. The van der Waals surface area contributed by atoms with E-state index in [1.807, 2.05) is 12.1 Å². The average Bonchev–Trinajstić information content (AvgIpc) is 2.14. The van der Waals surface area contributed by atoms with E-state index in [1.54, 1.807) is 12.1 Å². The molecule has 0 bridgehead atoms. The molecular weight excluding hydrogens is 195 g/mol. The Morgan fingerprint density at radius 3 is 2.20 bits per heavy atom. The van der Waals surface area contributed by atoms with Crippen LogP contribution in [0.25, 0.3) is 0 Å². The summed E-state index contributed by atoms with van der Waals surface area (Å²) in [6.07, 6.45) is -1.92. The molecule has 1 aromatic rings. The van der Waals surface area contributed by atoms with Crippen LogP contribution in [0.4, 0.5) is 4.39 Å². The van der Waals surface area contributed by atoms with Crippen LogP contribution in [-0.2, 0) is 5.41 Å². The van der Waals surface area contributed by atoms with Gasteiger partial charge in [-0.3, -0.25) is 0 Å². The van der Waals surface area contributed by atoms with Gasteiger partial charge in [-0.1, -0.05) is 32.9 Å². The maximum Gasteiger partial charge on any atom is 0.230 e. The maximum absolute atomic E-state index is 12.1. The Morgan fingerprint density at radius 2 is 1.80 bits per heavy atom. The Bertz CT molecular complexity index is 298. The first-order chi connectivity index (χ1) is 6.89. The lowest BCUT2D eigenvalue weighted by Crippen LogP contribution is -2.12. The number of aliphatic hydroxyl groups excluding tert-OH is 1. The largest absolute Gasteiger partial charge is 0.488 e. The number of halogens is 1. The fourth-order valence-corrected chi connectivity index (χ4v) is 1.22. The molecule has 1 aromatic carbocycles. The second kappa shape index (κ2) is 4.62. The van der Waals surface area contributed by atoms with E-state index in [4.69, 9.17) is 9.84 Å². The van der Waals surface area contributed by atoms with Gasteiger partial charge in [0, 0.05) is 0 Å². The average molecular weight is 212 g/mol. The topological polar surface area (TPSA) is 29.5 Å². The molecule has 0 fully saturated rings. The summed E-state index contributed by atoms with van der Waals surface area (Å²) < 4.78 is 17.1. The molecule has 0 radical (unpaired) electrons. The lowest BCUT2D eigenvalue weighted by atomic mass is 9.87. The Labute approximate surface area is 89.7 Å². The Morgan fingerprint density at radius 1 is 1.27 bits per heavy atom. The summed E-state index contributed by atoms with van der Waals surface area (Å²) in [6.45, 7) is 6.03. The summed E-state index contributed by atoms with van der Waals surface area (Å²) in [4.78, 5) is 0. The van der Waals surface area contributed by atoms with Crippen molar-refractivity contribution in [3.05, 3.63) is 29.8 Å². The smallest absolute Gasteiger partial charge is 0.230 e. The van der Waals surface area contributed by atoms with E-state index in [0.717, 1.165) is 0 Å². The third-order valence-electron chi connectivity index (χ3n) is 2.11. The highest BCUT2D eigenvalue weighted by Crippen LogP contribution is 2.24. The fourth-order valence-electron chi connectivity index (χ4n) is 1.22. The zero-order valence-electron chi connectivity index (χ0n) is 9.33. The number of rotatable bonds is 3. The van der Waals surface area contributed by atoms with E-state index in [0.29, 0.717) is 5.75 Å². The van der Waals surface area contributed by atoms with E-state index in [9.17, 15) is 4.39 Å². The van der Waals surface area contributed by atoms with Gasteiger partial charge >= 0.3 is 0 Å². The Hall–Kier alpha value is -1.09. The van der Waals surface area contributed by atoms with Gasteiger partial charge < -0.3 is 9.84 Å². The second-order valence-electron chi connectivity index (χ2n) is 4.52. The van der Waals surface area contributed by atoms with Gasteiger partial charge in [0.1, 0.15) is 12.4 Å². The second-order valence-corrected chi connectivity index (χ2v) is 4.52. The van der Waals surface area contributed by atoms with Gasteiger partial charge in [-0.2, -0.15) is 0 Å². The molecular formula is C12H17FO2. The van der Waals surface area contributed by atoms with Crippen molar-refractivity contribution < 1.29 is 14.2 Å². The molecule has 0 saturated carbocycles. The summed E-state index contributed by atoms with van der Waals surface area (Å²) in [5, 5.41) is 8.41. The van der Waals surface area contributed by atoms with Crippen molar-refractivity contribution in [2.75, 3.05) is 6.61 Å². The zero-order chi connectivity index (χ0) is 11.5. The highest BCUT2D eigenvalue weighted by molar-refractivity contribution is 5.31. The van der Waals surface area contributed by atoms with Crippen LogP contribution in [0, 0.1) is 0 Å². The minimum atomic E-state index is -1.92. The molecule has 0 aliphatic rings. The van der Waals surface area contributed by atoms with E-state index >= 15 is 0 Å². The van der Waals surface area contributed by atoms with Gasteiger partial charge in [0.25, 0.3) is 0 Å². The first kappa shape index (κ1) is 12.0. The molecule has 0 heterocycles. The third kappa shape index (κ3) is 3.88. The first-order valence-electron chi connectivity index (χ1n) is 4.95. The van der Waals surface area contributed by atoms with Crippen LogP contribution in [0.15, 0.2) is 24.3 Å². The summed E-state index contributed by atoms with van der Waals surface area (Å²) in [5.74, 6) is 0.569. The quantitative estimate of drug-likeness (QED) is 0.834. The molecule has 1 unspecified atom stereocenters. The van der Waals surface area contributed by atoms with E-state index < -0.39 is 6.36 Å². The molecule has 84 valence electrons. The molecule has 0 amide bonds. The van der Waals surface area contributed by atoms with Crippen molar-refractivity contribution in [3.63, 3.8) is 0 Å². The summed E-state index contributed by atoms with van der Waals surface area (Å²) in [7, 11) is 0. The molecule has 0 aliphatic heterocycles. The van der Waals surface area contributed by atoms with Crippen LogP contribution < -0.4 is 4.74 Å². The minimum absolute atomic E-state index is 0.0954. The van der Waals surface area contributed by atoms with Crippen LogP contribution in [0.1, 0.15) is 26.3 Å². The van der Waals surface area contributed by atoms with Crippen molar-refractivity contribution in [2.24, 2.45) is 0 Å². The van der Waals surface area contributed by atoms with E-state index in [2.05, 4.69) is 20.8 Å². The Kier molecular flexibility index (Phi) is 3.69. The molecule has 1 rings (SSSR count). The van der Waals surface area contributed by atoms with Gasteiger partial charge in [-0.25, -0.2) is 4.39 Å². The fraction of sp³-hybridized carbons (Fsp3) is 0.500. The van der Waals surface area contributed by atoms with E-state index in [-0.39, 0.29) is 12.0 Å².